The first-order chi connectivity index (χ1) is 9.99. The van der Waals surface area contributed by atoms with Crippen molar-refractivity contribution in [2.75, 3.05) is 5.32 Å². The molecule has 2 rings (SSSR count). The van der Waals surface area contributed by atoms with Crippen LogP contribution in [0.3, 0.4) is 0 Å². The number of H-pyrrole nitrogens is 1. The molecule has 112 valence electrons. The Morgan fingerprint density at radius 3 is 2.67 bits per heavy atom. The first-order valence-electron chi connectivity index (χ1n) is 7.08. The summed E-state index contributed by atoms with van der Waals surface area (Å²) in [6.45, 7) is 6.46. The van der Waals surface area contributed by atoms with Gasteiger partial charge in [-0.05, 0) is 29.9 Å². The van der Waals surface area contributed by atoms with Gasteiger partial charge in [-0.25, -0.2) is 0 Å². The molecule has 2 N–H and O–H groups in total. The Balaban J connectivity index is 2.21. The maximum absolute atomic E-state index is 13.4. The number of halogens is 1. The number of aromatic nitrogens is 2. The van der Waals surface area contributed by atoms with Gasteiger partial charge >= 0.3 is 0 Å². The van der Waals surface area contributed by atoms with E-state index in [2.05, 4.69) is 36.3 Å². The lowest BCUT2D eigenvalue weighted by Gasteiger charge is -2.18. The molecule has 0 aliphatic rings. The molecule has 5 heteroatoms. The van der Waals surface area contributed by atoms with Gasteiger partial charge in [0.25, 0.3) is 5.91 Å². The molecule has 1 heterocycles. The van der Waals surface area contributed by atoms with E-state index in [1.807, 2.05) is 24.3 Å². The second kappa shape index (κ2) is 6.52. The Hall–Kier alpha value is -2.17. The number of carbonyl (C=O) groups excluding carboxylic acids is 1. The highest BCUT2D eigenvalue weighted by atomic mass is 19.1. The number of para-hydroxylation sites is 1. The van der Waals surface area contributed by atoms with E-state index in [4.69, 9.17) is 0 Å². The van der Waals surface area contributed by atoms with Gasteiger partial charge in [-0.3, -0.25) is 9.89 Å². The summed E-state index contributed by atoms with van der Waals surface area (Å²) in [6, 6.07) is 7.63. The minimum absolute atomic E-state index is 0.0821. The average molecular weight is 289 g/mol. The summed E-state index contributed by atoms with van der Waals surface area (Å²) >= 11 is 0. The molecule has 0 fully saturated rings. The number of benzene rings is 1. The monoisotopic (exact) mass is 289 g/mol. The third-order valence-electron chi connectivity index (χ3n) is 3.40. The fraction of sp³-hybridized carbons (Fsp3) is 0.375. The van der Waals surface area contributed by atoms with Crippen LogP contribution in [0.15, 0.2) is 30.5 Å². The predicted octanol–water partition coefficient (Wildman–Crippen LogP) is 3.95. The molecule has 2 aromatic rings. The highest BCUT2D eigenvalue weighted by molar-refractivity contribution is 6.04. The van der Waals surface area contributed by atoms with E-state index in [1.54, 1.807) is 0 Å². The quantitative estimate of drug-likeness (QED) is 0.875. The van der Waals surface area contributed by atoms with Crippen molar-refractivity contribution in [3.8, 4) is 0 Å². The Morgan fingerprint density at radius 1 is 1.33 bits per heavy atom. The summed E-state index contributed by atoms with van der Waals surface area (Å²) in [5, 5.41) is 8.41. The molecule has 0 aliphatic heterocycles. The van der Waals surface area contributed by atoms with Crippen molar-refractivity contribution in [1.82, 2.24) is 10.2 Å². The van der Waals surface area contributed by atoms with Crippen LogP contribution in [-0.2, 0) is 0 Å². The van der Waals surface area contributed by atoms with Crippen LogP contribution >= 0.6 is 0 Å². The number of anilines is 1. The maximum Gasteiger partial charge on any atom is 0.261 e. The highest BCUT2D eigenvalue weighted by Crippen LogP contribution is 2.29. The molecule has 1 atom stereocenters. The molecule has 1 aromatic carbocycles. The molecule has 0 spiro atoms. The van der Waals surface area contributed by atoms with Gasteiger partial charge in [0.15, 0.2) is 0 Å². The first-order valence-corrected chi connectivity index (χ1v) is 7.08. The summed E-state index contributed by atoms with van der Waals surface area (Å²) in [4.78, 5) is 12.1. The van der Waals surface area contributed by atoms with E-state index in [-0.39, 0.29) is 5.56 Å². The van der Waals surface area contributed by atoms with Crippen molar-refractivity contribution in [3.63, 3.8) is 0 Å². The van der Waals surface area contributed by atoms with Gasteiger partial charge in [0, 0.05) is 5.69 Å². The van der Waals surface area contributed by atoms with Gasteiger partial charge < -0.3 is 5.32 Å². The number of nitrogens with one attached hydrogen (secondary N) is 2. The number of nitrogens with zero attached hydrogens (tertiary/aromatic N) is 1. The molecule has 0 saturated carbocycles. The Kier molecular flexibility index (Phi) is 4.73. The summed E-state index contributed by atoms with van der Waals surface area (Å²) in [5.74, 6) is -0.337. The zero-order valence-corrected chi connectivity index (χ0v) is 12.5. The van der Waals surface area contributed by atoms with Crippen LogP contribution in [0.4, 0.5) is 10.1 Å². The van der Waals surface area contributed by atoms with Crippen molar-refractivity contribution in [2.24, 2.45) is 5.92 Å². The summed E-state index contributed by atoms with van der Waals surface area (Å²) in [6.07, 6.45) is 2.21. The molecular weight excluding hydrogens is 269 g/mol. The Morgan fingerprint density at radius 2 is 2.05 bits per heavy atom. The fourth-order valence-corrected chi connectivity index (χ4v) is 2.49. The van der Waals surface area contributed by atoms with Crippen LogP contribution in [0.25, 0.3) is 0 Å². The Labute approximate surface area is 123 Å². The van der Waals surface area contributed by atoms with Crippen molar-refractivity contribution < 1.29 is 9.18 Å². The van der Waals surface area contributed by atoms with Crippen molar-refractivity contribution in [1.29, 1.82) is 0 Å². The fourth-order valence-electron chi connectivity index (χ4n) is 2.49. The number of hydrogen-bond donors (Lipinski definition) is 2. The smallest absolute Gasteiger partial charge is 0.261 e. The first kappa shape index (κ1) is 15.2. The van der Waals surface area contributed by atoms with Crippen LogP contribution in [0, 0.1) is 11.9 Å². The zero-order chi connectivity index (χ0) is 15.4. The van der Waals surface area contributed by atoms with E-state index in [9.17, 15) is 9.18 Å². The highest BCUT2D eigenvalue weighted by Gasteiger charge is 2.17. The summed E-state index contributed by atoms with van der Waals surface area (Å²) < 4.78 is 13.4. The van der Waals surface area contributed by atoms with Crippen LogP contribution in [-0.4, -0.2) is 16.1 Å². The topological polar surface area (TPSA) is 57.8 Å². The van der Waals surface area contributed by atoms with Gasteiger partial charge in [0.2, 0.25) is 5.95 Å². The molecule has 0 saturated heterocycles. The van der Waals surface area contributed by atoms with E-state index in [0.717, 1.165) is 17.7 Å². The molecule has 1 aromatic heterocycles. The van der Waals surface area contributed by atoms with Gasteiger partial charge in [-0.2, -0.15) is 9.49 Å². The van der Waals surface area contributed by atoms with E-state index >= 15 is 0 Å². The minimum Gasteiger partial charge on any atom is -0.322 e. The number of aromatic amines is 1. The minimum atomic E-state index is -0.722. The van der Waals surface area contributed by atoms with E-state index < -0.39 is 11.9 Å². The van der Waals surface area contributed by atoms with Gasteiger partial charge in [-0.1, -0.05) is 39.0 Å². The predicted molar refractivity (Wildman–Crippen MR) is 80.8 cm³/mol. The third kappa shape index (κ3) is 3.68. The number of amides is 1. The lowest BCUT2D eigenvalue weighted by molar-refractivity contribution is 0.102. The van der Waals surface area contributed by atoms with E-state index in [1.165, 1.54) is 6.20 Å². The molecule has 0 radical (unpaired) electrons. The van der Waals surface area contributed by atoms with Gasteiger partial charge in [0.1, 0.15) is 5.56 Å². The van der Waals surface area contributed by atoms with Crippen molar-refractivity contribution in [2.45, 2.75) is 33.1 Å². The van der Waals surface area contributed by atoms with Gasteiger partial charge in [-0.15, -0.1) is 0 Å². The second-order valence-electron chi connectivity index (χ2n) is 5.67. The Bertz CT molecular complexity index is 621. The normalized spacial score (nSPS) is 12.4. The molecule has 4 nitrogen and oxygen atoms in total. The molecular formula is C16H20FN3O. The zero-order valence-electron chi connectivity index (χ0n) is 12.5. The third-order valence-corrected chi connectivity index (χ3v) is 3.40. The number of hydrogen-bond acceptors (Lipinski definition) is 2. The summed E-state index contributed by atoms with van der Waals surface area (Å²) in [7, 11) is 0. The lowest BCUT2D eigenvalue weighted by atomic mass is 9.91. The second-order valence-corrected chi connectivity index (χ2v) is 5.67. The number of rotatable bonds is 5. The van der Waals surface area contributed by atoms with Crippen molar-refractivity contribution >= 4 is 11.6 Å². The van der Waals surface area contributed by atoms with Crippen LogP contribution in [0.5, 0.6) is 0 Å². The summed E-state index contributed by atoms with van der Waals surface area (Å²) in [5.41, 5.74) is 1.70. The molecule has 0 bridgehead atoms. The molecule has 1 unspecified atom stereocenters. The molecule has 1 amide bonds. The average Bonchev–Trinajstić information content (AvgIpc) is 2.84. The van der Waals surface area contributed by atoms with Crippen LogP contribution in [0.2, 0.25) is 0 Å². The SMILES string of the molecule is CC(C)CC(C)c1ccccc1NC(=O)c1cn[nH]c1F. The number of carbonyl (C=O) groups is 1. The molecule has 0 aliphatic carbocycles. The van der Waals surface area contributed by atoms with Crippen LogP contribution < -0.4 is 5.32 Å². The standard InChI is InChI=1S/C16H20FN3O/c1-10(2)8-11(3)12-6-4-5-7-14(12)19-16(21)13-9-18-20-15(13)17/h4-7,9-11H,8H2,1-3H3,(H,18,20)(H,19,21). The van der Waals surface area contributed by atoms with Crippen molar-refractivity contribution in [3.05, 3.63) is 47.5 Å². The lowest BCUT2D eigenvalue weighted by Crippen LogP contribution is -2.15. The largest absolute Gasteiger partial charge is 0.322 e. The van der Waals surface area contributed by atoms with E-state index in [0.29, 0.717) is 11.8 Å². The van der Waals surface area contributed by atoms with Gasteiger partial charge in [0.05, 0.1) is 6.20 Å². The van der Waals surface area contributed by atoms with Crippen LogP contribution in [0.1, 0.15) is 49.0 Å². The maximum atomic E-state index is 13.4. The molecule has 21 heavy (non-hydrogen) atoms.